The largest absolute Gasteiger partial charge is 0.480 e. The lowest BCUT2D eigenvalue weighted by molar-refractivity contribution is -0.141. The van der Waals surface area contributed by atoms with Gasteiger partial charge < -0.3 is 14.9 Å². The van der Waals surface area contributed by atoms with Crippen LogP contribution < -0.4 is 5.32 Å². The van der Waals surface area contributed by atoms with Crippen molar-refractivity contribution < 1.29 is 19.7 Å². The Labute approximate surface area is 97.7 Å². The van der Waals surface area contributed by atoms with Crippen LogP contribution in [0.3, 0.4) is 0 Å². The third-order valence-corrected chi connectivity index (χ3v) is 2.82. The van der Waals surface area contributed by atoms with Crippen LogP contribution in [0.25, 0.3) is 0 Å². The summed E-state index contributed by atoms with van der Waals surface area (Å²) in [6, 6.07) is 1.02. The predicted octanol–water partition coefficient (Wildman–Crippen LogP) is 0.471. The second-order valence-corrected chi connectivity index (χ2v) is 4.11. The molecule has 3 N–H and O–H groups in total. The number of carboxylic acids is 1. The number of thiophene rings is 1. The fraction of sp³-hybridized carbons (Fsp3) is 0.500. The van der Waals surface area contributed by atoms with Crippen LogP contribution in [-0.4, -0.2) is 42.5 Å². The molecule has 0 spiro atoms. The van der Waals surface area contributed by atoms with Crippen LogP contribution in [0, 0.1) is 0 Å². The molecule has 1 aromatic heterocycles. The summed E-state index contributed by atoms with van der Waals surface area (Å²) >= 11 is 1.49. The van der Waals surface area contributed by atoms with Gasteiger partial charge in [-0.05, 0) is 22.4 Å². The number of hydrogen-bond donors (Lipinski definition) is 3. The number of ether oxygens (including phenoxy) is 1. The molecule has 16 heavy (non-hydrogen) atoms. The van der Waals surface area contributed by atoms with E-state index in [1.807, 2.05) is 16.8 Å². The zero-order chi connectivity index (χ0) is 12.0. The lowest BCUT2D eigenvalue weighted by Crippen LogP contribution is -2.42. The van der Waals surface area contributed by atoms with Gasteiger partial charge in [-0.3, -0.25) is 10.1 Å². The standard InChI is InChI=1S/C10H15NO4S/c1-15-5-8(10(13)14)11-4-9(12)7-2-3-16-6-7/h2-3,6,8-9,11-12H,4-5H2,1H3,(H,13,14). The summed E-state index contributed by atoms with van der Waals surface area (Å²) in [6.07, 6.45) is -0.690. The topological polar surface area (TPSA) is 78.8 Å². The predicted molar refractivity (Wildman–Crippen MR) is 60.6 cm³/mol. The van der Waals surface area contributed by atoms with Crippen molar-refractivity contribution in [1.82, 2.24) is 5.32 Å². The molecule has 90 valence electrons. The molecule has 0 aliphatic carbocycles. The Kier molecular flexibility index (Phi) is 5.41. The molecule has 0 fully saturated rings. The Balaban J connectivity index is 2.40. The number of aliphatic carboxylic acids is 1. The Morgan fingerprint density at radius 3 is 2.94 bits per heavy atom. The average molecular weight is 245 g/mol. The molecule has 0 saturated heterocycles. The summed E-state index contributed by atoms with van der Waals surface area (Å²) in [7, 11) is 1.44. The average Bonchev–Trinajstić information content (AvgIpc) is 2.76. The number of nitrogens with one attached hydrogen (secondary N) is 1. The fourth-order valence-corrected chi connectivity index (χ4v) is 1.93. The van der Waals surface area contributed by atoms with Gasteiger partial charge in [-0.15, -0.1) is 0 Å². The SMILES string of the molecule is COCC(NCC(O)c1ccsc1)C(=O)O. The summed E-state index contributed by atoms with van der Waals surface area (Å²) < 4.78 is 4.77. The molecule has 6 heteroatoms. The molecule has 1 rings (SSSR count). The van der Waals surface area contributed by atoms with Gasteiger partial charge in [0, 0.05) is 13.7 Å². The van der Waals surface area contributed by atoms with Crippen molar-refractivity contribution in [1.29, 1.82) is 0 Å². The maximum atomic E-state index is 10.8. The smallest absolute Gasteiger partial charge is 0.323 e. The monoisotopic (exact) mass is 245 g/mol. The molecule has 2 unspecified atom stereocenters. The summed E-state index contributed by atoms with van der Waals surface area (Å²) in [5, 5.41) is 25.0. The summed E-state index contributed by atoms with van der Waals surface area (Å²) in [4.78, 5) is 10.8. The highest BCUT2D eigenvalue weighted by Gasteiger charge is 2.18. The molecule has 0 aromatic carbocycles. The van der Waals surface area contributed by atoms with Crippen molar-refractivity contribution in [2.24, 2.45) is 0 Å². The van der Waals surface area contributed by atoms with Gasteiger partial charge in [-0.25, -0.2) is 0 Å². The zero-order valence-electron chi connectivity index (χ0n) is 8.92. The fourth-order valence-electron chi connectivity index (χ4n) is 1.22. The van der Waals surface area contributed by atoms with E-state index in [4.69, 9.17) is 9.84 Å². The van der Waals surface area contributed by atoms with Crippen LogP contribution >= 0.6 is 11.3 Å². The molecule has 5 nitrogen and oxygen atoms in total. The van der Waals surface area contributed by atoms with E-state index in [2.05, 4.69) is 5.32 Å². The Bertz CT molecular complexity index is 315. The van der Waals surface area contributed by atoms with E-state index >= 15 is 0 Å². The van der Waals surface area contributed by atoms with Gasteiger partial charge in [0.2, 0.25) is 0 Å². The lowest BCUT2D eigenvalue weighted by Gasteiger charge is -2.16. The van der Waals surface area contributed by atoms with Crippen molar-refractivity contribution in [3.05, 3.63) is 22.4 Å². The van der Waals surface area contributed by atoms with Crippen LogP contribution in [0.2, 0.25) is 0 Å². The first-order chi connectivity index (χ1) is 7.65. The summed E-state index contributed by atoms with van der Waals surface area (Å²) in [6.45, 7) is 0.267. The molecular weight excluding hydrogens is 230 g/mol. The van der Waals surface area contributed by atoms with Crippen molar-refractivity contribution >= 4 is 17.3 Å². The molecular formula is C10H15NO4S. The maximum Gasteiger partial charge on any atom is 0.323 e. The van der Waals surface area contributed by atoms with E-state index in [1.165, 1.54) is 18.4 Å². The van der Waals surface area contributed by atoms with Gasteiger partial charge in [0.1, 0.15) is 6.04 Å². The van der Waals surface area contributed by atoms with Gasteiger partial charge >= 0.3 is 5.97 Å². The minimum atomic E-state index is -0.987. The van der Waals surface area contributed by atoms with Crippen LogP contribution in [0.5, 0.6) is 0 Å². The van der Waals surface area contributed by atoms with Crippen LogP contribution in [0.1, 0.15) is 11.7 Å². The first kappa shape index (κ1) is 13.1. The Morgan fingerprint density at radius 2 is 2.44 bits per heavy atom. The number of carboxylic acid groups (broad SMARTS) is 1. The van der Waals surface area contributed by atoms with E-state index in [9.17, 15) is 9.90 Å². The molecule has 0 saturated carbocycles. The quantitative estimate of drug-likeness (QED) is 0.651. The Morgan fingerprint density at radius 1 is 1.69 bits per heavy atom. The highest BCUT2D eigenvalue weighted by atomic mass is 32.1. The number of rotatable bonds is 7. The lowest BCUT2D eigenvalue weighted by atomic mass is 10.2. The summed E-state index contributed by atoms with van der Waals surface area (Å²) in [5.41, 5.74) is 0.791. The van der Waals surface area contributed by atoms with Gasteiger partial charge in [-0.1, -0.05) is 0 Å². The summed E-state index contributed by atoms with van der Waals surface area (Å²) in [5.74, 6) is -0.987. The van der Waals surface area contributed by atoms with E-state index < -0.39 is 18.1 Å². The number of aliphatic hydroxyl groups is 1. The minimum absolute atomic E-state index is 0.0751. The molecule has 0 aliphatic rings. The highest BCUT2D eigenvalue weighted by molar-refractivity contribution is 7.07. The number of methoxy groups -OCH3 is 1. The van der Waals surface area contributed by atoms with Crippen molar-refractivity contribution in [2.45, 2.75) is 12.1 Å². The van der Waals surface area contributed by atoms with Gasteiger partial charge in [0.25, 0.3) is 0 Å². The van der Waals surface area contributed by atoms with Gasteiger partial charge in [0.05, 0.1) is 12.7 Å². The second kappa shape index (κ2) is 6.59. The van der Waals surface area contributed by atoms with E-state index in [1.54, 1.807) is 0 Å². The molecule has 2 atom stereocenters. The third kappa shape index (κ3) is 3.90. The molecule has 0 bridgehead atoms. The van der Waals surface area contributed by atoms with E-state index in [0.29, 0.717) is 0 Å². The molecule has 0 aliphatic heterocycles. The maximum absolute atomic E-state index is 10.8. The van der Waals surface area contributed by atoms with Crippen molar-refractivity contribution in [3.8, 4) is 0 Å². The molecule has 1 heterocycles. The molecule has 1 aromatic rings. The number of hydrogen-bond acceptors (Lipinski definition) is 5. The normalized spacial score (nSPS) is 14.6. The van der Waals surface area contributed by atoms with Gasteiger partial charge in [-0.2, -0.15) is 11.3 Å². The first-order valence-corrected chi connectivity index (χ1v) is 5.74. The third-order valence-electron chi connectivity index (χ3n) is 2.12. The van der Waals surface area contributed by atoms with E-state index in [-0.39, 0.29) is 13.2 Å². The van der Waals surface area contributed by atoms with Crippen LogP contribution in [-0.2, 0) is 9.53 Å². The first-order valence-electron chi connectivity index (χ1n) is 4.80. The van der Waals surface area contributed by atoms with Crippen LogP contribution in [0.15, 0.2) is 16.8 Å². The highest BCUT2D eigenvalue weighted by Crippen LogP contribution is 2.15. The number of carbonyl (C=O) groups is 1. The van der Waals surface area contributed by atoms with Crippen molar-refractivity contribution in [2.75, 3.05) is 20.3 Å². The van der Waals surface area contributed by atoms with Gasteiger partial charge in [0.15, 0.2) is 0 Å². The van der Waals surface area contributed by atoms with Crippen molar-refractivity contribution in [3.63, 3.8) is 0 Å². The minimum Gasteiger partial charge on any atom is -0.480 e. The molecule has 0 amide bonds. The molecule has 0 radical (unpaired) electrons. The number of aliphatic hydroxyl groups excluding tert-OH is 1. The zero-order valence-corrected chi connectivity index (χ0v) is 9.74. The van der Waals surface area contributed by atoms with Crippen LogP contribution in [0.4, 0.5) is 0 Å². The van der Waals surface area contributed by atoms with E-state index in [0.717, 1.165) is 5.56 Å². The Hall–Kier alpha value is -0.950. The second-order valence-electron chi connectivity index (χ2n) is 3.33.